The van der Waals surface area contributed by atoms with Crippen LogP contribution in [0.2, 0.25) is 25.1 Å². The second-order valence-electron chi connectivity index (χ2n) is 6.05. The Morgan fingerprint density at radius 2 is 1.34 bits per heavy atom. The summed E-state index contributed by atoms with van der Waals surface area (Å²) in [6.45, 7) is 5.37. The summed E-state index contributed by atoms with van der Waals surface area (Å²) < 4.78 is 33.2. The van der Waals surface area contributed by atoms with Gasteiger partial charge in [0.1, 0.15) is 15.8 Å². The number of hydrogen-bond acceptors (Lipinski definition) is 6. The molecule has 6 nitrogen and oxygen atoms in total. The molecule has 2 aromatic carbocycles. The Hall–Kier alpha value is -0.950. The molecule has 2 aromatic rings. The predicted octanol–water partition coefficient (Wildman–Crippen LogP) is 8.52. The van der Waals surface area contributed by atoms with Crippen molar-refractivity contribution in [1.82, 2.24) is 0 Å². The van der Waals surface area contributed by atoms with Crippen molar-refractivity contribution in [2.24, 2.45) is 0 Å². The van der Waals surface area contributed by atoms with Crippen molar-refractivity contribution in [1.29, 1.82) is 0 Å². The summed E-state index contributed by atoms with van der Waals surface area (Å²) in [5.74, 6) is -0.690. The molecule has 0 radical (unpaired) electrons. The molecule has 0 aromatic heterocycles. The van der Waals surface area contributed by atoms with Crippen LogP contribution in [0.1, 0.15) is 26.3 Å². The fraction of sp³-hybridized carbons (Fsp3) is 0.250. The lowest BCUT2D eigenvalue weighted by Gasteiger charge is -2.17. The summed E-state index contributed by atoms with van der Waals surface area (Å²) >= 11 is 30.0. The van der Waals surface area contributed by atoms with Crippen molar-refractivity contribution in [3.63, 3.8) is 0 Å². The number of benzene rings is 2. The molecule has 0 N–H and O–H groups in total. The summed E-state index contributed by atoms with van der Waals surface area (Å²) in [6, 6.07) is 6.45. The Labute approximate surface area is 210 Å². The topological polar surface area (TPSA) is 71.1 Å². The fourth-order valence-electron chi connectivity index (χ4n) is 2.38. The maximum Gasteiger partial charge on any atom is 0.530 e. The number of allylic oxidation sites excluding steroid dienone is 1. The van der Waals surface area contributed by atoms with E-state index in [1.54, 1.807) is 45.0 Å². The van der Waals surface area contributed by atoms with Gasteiger partial charge in [0.25, 0.3) is 0 Å². The second kappa shape index (κ2) is 12.0. The van der Waals surface area contributed by atoms with Crippen LogP contribution in [0, 0.1) is 0 Å². The molecule has 174 valence electrons. The molecule has 0 bridgehead atoms. The van der Waals surface area contributed by atoms with Crippen molar-refractivity contribution in [2.45, 2.75) is 20.8 Å². The molecule has 0 saturated carbocycles. The third-order valence-corrected chi connectivity index (χ3v) is 7.63. The van der Waals surface area contributed by atoms with E-state index in [4.69, 9.17) is 76.3 Å². The molecule has 0 atom stereocenters. The molecule has 12 heteroatoms. The van der Waals surface area contributed by atoms with Gasteiger partial charge in [-0.25, -0.2) is 9.36 Å². The van der Waals surface area contributed by atoms with Gasteiger partial charge in [-0.2, -0.15) is 0 Å². The average Bonchev–Trinajstić information content (AvgIpc) is 2.74. The SMILES string of the molecule is CCOP(=O)(OCC)Oc1ccc(C(C)=CC(=O)Oc2c(Cl)c(Cl)c(Cl)c(Cl)c2Cl)cc1. The molecule has 0 spiro atoms. The van der Waals surface area contributed by atoms with Gasteiger partial charge in [0.15, 0.2) is 5.75 Å². The molecule has 0 amide bonds. The molecule has 0 saturated heterocycles. The summed E-state index contributed by atoms with van der Waals surface area (Å²) in [6.07, 6.45) is 1.23. The van der Waals surface area contributed by atoms with Gasteiger partial charge in [-0.1, -0.05) is 70.1 Å². The lowest BCUT2D eigenvalue weighted by molar-refractivity contribution is -0.128. The Morgan fingerprint density at radius 1 is 0.875 bits per heavy atom. The van der Waals surface area contributed by atoms with Crippen LogP contribution >= 0.6 is 65.8 Å². The largest absolute Gasteiger partial charge is 0.530 e. The van der Waals surface area contributed by atoms with Crippen LogP contribution in [0.4, 0.5) is 0 Å². The van der Waals surface area contributed by atoms with E-state index in [1.165, 1.54) is 6.08 Å². The van der Waals surface area contributed by atoms with Crippen molar-refractivity contribution in [3.05, 3.63) is 61.0 Å². The molecule has 2 rings (SSSR count). The first kappa shape index (κ1) is 27.3. The first-order chi connectivity index (χ1) is 15.0. The normalized spacial score (nSPS) is 12.1. The van der Waals surface area contributed by atoms with E-state index in [0.717, 1.165) is 0 Å². The third kappa shape index (κ3) is 6.78. The number of carbonyl (C=O) groups is 1. The van der Waals surface area contributed by atoms with E-state index < -0.39 is 13.8 Å². The van der Waals surface area contributed by atoms with Crippen LogP contribution < -0.4 is 9.26 Å². The maximum absolute atomic E-state index is 12.5. The highest BCUT2D eigenvalue weighted by Crippen LogP contribution is 2.50. The monoisotopic (exact) mass is 560 g/mol. The highest BCUT2D eigenvalue weighted by Gasteiger charge is 2.27. The highest BCUT2D eigenvalue weighted by atomic mass is 35.5. The van der Waals surface area contributed by atoms with Crippen LogP contribution in [0.15, 0.2) is 30.3 Å². The molecule has 0 heterocycles. The number of phosphoric acid groups is 1. The fourth-order valence-corrected chi connectivity index (χ4v) is 4.77. The molecule has 0 unspecified atom stereocenters. The van der Waals surface area contributed by atoms with Crippen LogP contribution in [0.25, 0.3) is 5.57 Å². The van der Waals surface area contributed by atoms with Gasteiger partial charge in [0.05, 0.1) is 28.3 Å². The highest BCUT2D eigenvalue weighted by molar-refractivity contribution is 7.48. The number of carbonyl (C=O) groups excluding carboxylic acids is 1. The van der Waals surface area contributed by atoms with E-state index in [1.807, 2.05) is 0 Å². The summed E-state index contributed by atoms with van der Waals surface area (Å²) in [7, 11) is -3.71. The lowest BCUT2D eigenvalue weighted by atomic mass is 10.1. The minimum absolute atomic E-state index is 0.0459. The molecule has 32 heavy (non-hydrogen) atoms. The van der Waals surface area contributed by atoms with E-state index in [-0.39, 0.29) is 49.8 Å². The quantitative estimate of drug-likeness (QED) is 0.0762. The first-order valence-corrected chi connectivity index (χ1v) is 12.5. The standard InChI is InChI=1S/C20H18Cl5O6P/c1-4-28-32(27,29-5-2)31-13-8-6-12(7-9-13)11(3)10-14(26)30-20-18(24)16(22)15(21)17(23)19(20)25/h6-10H,4-5H2,1-3H3. The number of phosphoric ester groups is 1. The number of ether oxygens (including phenoxy) is 1. The number of esters is 1. The molecular formula is C20H18Cl5O6P. The summed E-state index contributed by atoms with van der Waals surface area (Å²) in [4.78, 5) is 12.4. The Kier molecular flexibility index (Phi) is 10.2. The van der Waals surface area contributed by atoms with Crippen LogP contribution in [0.3, 0.4) is 0 Å². The van der Waals surface area contributed by atoms with Crippen molar-refractivity contribution < 1.29 is 27.7 Å². The minimum Gasteiger partial charge on any atom is -0.420 e. The Balaban J connectivity index is 2.18. The van der Waals surface area contributed by atoms with Crippen LogP contribution in [-0.4, -0.2) is 19.2 Å². The lowest BCUT2D eigenvalue weighted by Crippen LogP contribution is -2.06. The van der Waals surface area contributed by atoms with Gasteiger partial charge in [0, 0.05) is 6.08 Å². The van der Waals surface area contributed by atoms with Gasteiger partial charge < -0.3 is 9.26 Å². The first-order valence-electron chi connectivity index (χ1n) is 9.13. The van der Waals surface area contributed by atoms with E-state index in [0.29, 0.717) is 11.1 Å². The number of hydrogen-bond donors (Lipinski definition) is 0. The van der Waals surface area contributed by atoms with Crippen molar-refractivity contribution >= 4 is 77.4 Å². The smallest absolute Gasteiger partial charge is 0.420 e. The Morgan fingerprint density at radius 3 is 1.81 bits per heavy atom. The van der Waals surface area contributed by atoms with Gasteiger partial charge in [-0.15, -0.1) is 0 Å². The van der Waals surface area contributed by atoms with Gasteiger partial charge in [-0.3, -0.25) is 9.05 Å². The zero-order chi connectivity index (χ0) is 24.1. The summed E-state index contributed by atoms with van der Waals surface area (Å²) in [5.41, 5.74) is 1.22. The molecule has 0 aliphatic rings. The zero-order valence-corrected chi connectivity index (χ0v) is 21.8. The van der Waals surface area contributed by atoms with Crippen molar-refractivity contribution in [2.75, 3.05) is 13.2 Å². The molecule has 0 aliphatic carbocycles. The second-order valence-corrected chi connectivity index (χ2v) is 9.53. The van der Waals surface area contributed by atoms with Gasteiger partial charge in [-0.05, 0) is 44.0 Å². The van der Waals surface area contributed by atoms with E-state index in [9.17, 15) is 9.36 Å². The van der Waals surface area contributed by atoms with E-state index >= 15 is 0 Å². The summed E-state index contributed by atoms with van der Waals surface area (Å²) in [5, 5.41) is -0.494. The van der Waals surface area contributed by atoms with Gasteiger partial charge >= 0.3 is 13.8 Å². The molecule has 0 fully saturated rings. The van der Waals surface area contributed by atoms with Gasteiger partial charge in [0.2, 0.25) is 0 Å². The van der Waals surface area contributed by atoms with Crippen LogP contribution in [0.5, 0.6) is 11.5 Å². The minimum atomic E-state index is -3.71. The van der Waals surface area contributed by atoms with Crippen molar-refractivity contribution in [3.8, 4) is 11.5 Å². The molecule has 0 aliphatic heterocycles. The molecular weight excluding hydrogens is 544 g/mol. The van der Waals surface area contributed by atoms with E-state index in [2.05, 4.69) is 0 Å². The zero-order valence-electron chi connectivity index (χ0n) is 17.1. The average molecular weight is 563 g/mol. The number of rotatable bonds is 9. The predicted molar refractivity (Wildman–Crippen MR) is 129 cm³/mol. The number of halogens is 5. The maximum atomic E-state index is 12.5. The third-order valence-electron chi connectivity index (χ3n) is 3.81. The van der Waals surface area contributed by atoms with Crippen LogP contribution in [-0.2, 0) is 18.4 Å². The Bertz CT molecular complexity index is 1030.